The summed E-state index contributed by atoms with van der Waals surface area (Å²) in [5, 5.41) is 6.89. The molecule has 2 N–H and O–H groups in total. The maximum Gasteiger partial charge on any atom is 0.325 e. The van der Waals surface area contributed by atoms with Gasteiger partial charge in [-0.2, -0.15) is 0 Å². The molecule has 1 aromatic heterocycles. The topological polar surface area (TPSA) is 84.5 Å². The van der Waals surface area contributed by atoms with Crippen LogP contribution in [0.25, 0.3) is 0 Å². The molecule has 0 saturated heterocycles. The smallest absolute Gasteiger partial charge is 0.325 e. The Balaban J connectivity index is 1.65. The van der Waals surface area contributed by atoms with E-state index in [0.29, 0.717) is 11.4 Å². The number of carbonyl (C=O) groups excluding carboxylic acids is 3. The van der Waals surface area contributed by atoms with Gasteiger partial charge < -0.3 is 15.4 Å². The fourth-order valence-electron chi connectivity index (χ4n) is 1.90. The molecule has 2 aromatic rings. The fraction of sp³-hybridized carbons (Fsp3) is 0.235. The van der Waals surface area contributed by atoms with Crippen LogP contribution in [0.5, 0.6) is 0 Å². The molecule has 0 aliphatic carbocycles. The summed E-state index contributed by atoms with van der Waals surface area (Å²) in [6, 6.07) is 11.1. The number of hydrogen-bond donors (Lipinski definition) is 2. The zero-order chi connectivity index (χ0) is 17.4. The van der Waals surface area contributed by atoms with Crippen LogP contribution in [-0.2, 0) is 20.9 Å². The molecule has 7 heteroatoms. The summed E-state index contributed by atoms with van der Waals surface area (Å²) in [7, 11) is 0. The Kier molecular flexibility index (Phi) is 6.51. The maximum absolute atomic E-state index is 11.7. The van der Waals surface area contributed by atoms with Gasteiger partial charge in [-0.05, 0) is 29.5 Å². The predicted molar refractivity (Wildman–Crippen MR) is 90.6 cm³/mol. The Morgan fingerprint density at radius 1 is 1.08 bits per heavy atom. The molecule has 0 bridgehead atoms. The van der Waals surface area contributed by atoms with E-state index < -0.39 is 11.9 Å². The molecule has 1 aromatic carbocycles. The largest absolute Gasteiger partial charge is 0.454 e. The minimum Gasteiger partial charge on any atom is -0.454 e. The first-order valence-electron chi connectivity index (χ1n) is 7.35. The number of thiophene rings is 1. The van der Waals surface area contributed by atoms with E-state index in [1.807, 2.05) is 31.2 Å². The molecule has 0 unspecified atom stereocenters. The van der Waals surface area contributed by atoms with Gasteiger partial charge in [0, 0.05) is 6.54 Å². The summed E-state index contributed by atoms with van der Waals surface area (Å²) >= 11 is 1.28. The molecule has 6 nitrogen and oxygen atoms in total. The van der Waals surface area contributed by atoms with E-state index in [4.69, 9.17) is 4.74 Å². The van der Waals surface area contributed by atoms with E-state index in [9.17, 15) is 14.4 Å². The number of esters is 1. The van der Waals surface area contributed by atoms with Crippen LogP contribution in [0.2, 0.25) is 0 Å². The van der Waals surface area contributed by atoms with Crippen molar-refractivity contribution in [3.05, 3.63) is 57.8 Å². The Morgan fingerprint density at radius 2 is 1.88 bits per heavy atom. The van der Waals surface area contributed by atoms with Gasteiger partial charge >= 0.3 is 5.97 Å². The number of amides is 2. The molecule has 24 heavy (non-hydrogen) atoms. The summed E-state index contributed by atoms with van der Waals surface area (Å²) in [5.74, 6) is -1.40. The summed E-state index contributed by atoms with van der Waals surface area (Å²) in [5.41, 5.74) is 2.08. The van der Waals surface area contributed by atoms with Crippen LogP contribution in [0.15, 0.2) is 41.8 Å². The first-order chi connectivity index (χ1) is 11.6. The van der Waals surface area contributed by atoms with Crippen LogP contribution >= 0.6 is 11.3 Å². The number of rotatable bonds is 7. The molecule has 0 fully saturated rings. The number of aryl methyl sites for hydroxylation is 1. The van der Waals surface area contributed by atoms with E-state index in [2.05, 4.69) is 10.6 Å². The summed E-state index contributed by atoms with van der Waals surface area (Å²) in [6.45, 7) is 1.68. The van der Waals surface area contributed by atoms with Crippen LogP contribution in [0.4, 0.5) is 0 Å². The van der Waals surface area contributed by atoms with Gasteiger partial charge in [0.1, 0.15) is 6.54 Å². The van der Waals surface area contributed by atoms with Crippen molar-refractivity contribution in [2.24, 2.45) is 0 Å². The Labute approximate surface area is 143 Å². The highest BCUT2D eigenvalue weighted by molar-refractivity contribution is 7.12. The van der Waals surface area contributed by atoms with Gasteiger partial charge in [-0.25, -0.2) is 0 Å². The number of carbonyl (C=O) groups is 3. The molecular formula is C17H18N2O4S. The van der Waals surface area contributed by atoms with Crippen molar-refractivity contribution in [2.45, 2.75) is 13.5 Å². The van der Waals surface area contributed by atoms with Gasteiger partial charge in [0.2, 0.25) is 0 Å². The van der Waals surface area contributed by atoms with Gasteiger partial charge in [-0.3, -0.25) is 14.4 Å². The van der Waals surface area contributed by atoms with Crippen molar-refractivity contribution in [3.63, 3.8) is 0 Å². The van der Waals surface area contributed by atoms with Gasteiger partial charge in [0.05, 0.1) is 4.88 Å². The summed E-state index contributed by atoms with van der Waals surface area (Å²) in [4.78, 5) is 35.4. The molecule has 0 radical (unpaired) electrons. The van der Waals surface area contributed by atoms with Crippen molar-refractivity contribution in [1.29, 1.82) is 0 Å². The third kappa shape index (κ3) is 5.51. The summed E-state index contributed by atoms with van der Waals surface area (Å²) in [6.07, 6.45) is 0. The molecule has 126 valence electrons. The highest BCUT2D eigenvalue weighted by Crippen LogP contribution is 2.07. The zero-order valence-electron chi connectivity index (χ0n) is 13.2. The lowest BCUT2D eigenvalue weighted by molar-refractivity contribution is -0.147. The molecule has 2 rings (SSSR count). The number of ether oxygens (including phenoxy) is 1. The third-order valence-electron chi connectivity index (χ3n) is 3.24. The fourth-order valence-corrected chi connectivity index (χ4v) is 2.54. The van der Waals surface area contributed by atoms with Crippen LogP contribution < -0.4 is 10.6 Å². The quantitative estimate of drug-likeness (QED) is 0.747. The second-order valence-corrected chi connectivity index (χ2v) is 5.97. The summed E-state index contributed by atoms with van der Waals surface area (Å²) < 4.78 is 4.83. The normalized spacial score (nSPS) is 10.0. The Bertz CT molecular complexity index is 713. The lowest BCUT2D eigenvalue weighted by atomic mass is 10.1. The van der Waals surface area contributed by atoms with Crippen LogP contribution in [0.1, 0.15) is 20.8 Å². The molecule has 1 heterocycles. The Hall–Kier alpha value is -2.67. The van der Waals surface area contributed by atoms with E-state index in [1.165, 1.54) is 11.3 Å². The highest BCUT2D eigenvalue weighted by Gasteiger charge is 2.11. The molecule has 0 saturated carbocycles. The van der Waals surface area contributed by atoms with Crippen molar-refractivity contribution < 1.29 is 19.1 Å². The first kappa shape index (κ1) is 17.7. The van der Waals surface area contributed by atoms with Crippen molar-refractivity contribution >= 4 is 29.1 Å². The highest BCUT2D eigenvalue weighted by atomic mass is 32.1. The molecule has 0 atom stereocenters. The minimum atomic E-state index is -0.661. The molecule has 0 aliphatic heterocycles. The molecule has 0 aliphatic rings. The van der Waals surface area contributed by atoms with Gasteiger partial charge in [0.25, 0.3) is 11.8 Å². The van der Waals surface area contributed by atoms with Gasteiger partial charge in [0.15, 0.2) is 6.61 Å². The van der Waals surface area contributed by atoms with Crippen molar-refractivity contribution in [1.82, 2.24) is 10.6 Å². The minimum absolute atomic E-state index is 0.276. The SMILES string of the molecule is Cc1ccccc1CNC(=O)COC(=O)CNC(=O)c1cccs1. The number of hydrogen-bond acceptors (Lipinski definition) is 5. The van der Waals surface area contributed by atoms with Crippen LogP contribution in [-0.4, -0.2) is 30.9 Å². The van der Waals surface area contributed by atoms with E-state index >= 15 is 0 Å². The average Bonchev–Trinajstić information content (AvgIpc) is 3.11. The van der Waals surface area contributed by atoms with E-state index in [0.717, 1.165) is 11.1 Å². The first-order valence-corrected chi connectivity index (χ1v) is 8.23. The monoisotopic (exact) mass is 346 g/mol. The predicted octanol–water partition coefficient (Wildman–Crippen LogP) is 1.65. The standard InChI is InChI=1S/C17H18N2O4S/c1-12-5-2-3-6-13(12)9-18-15(20)11-23-16(21)10-19-17(22)14-7-4-8-24-14/h2-8H,9-11H2,1H3,(H,18,20)(H,19,22). The van der Waals surface area contributed by atoms with E-state index in [-0.39, 0.29) is 19.1 Å². The zero-order valence-corrected chi connectivity index (χ0v) is 14.0. The third-order valence-corrected chi connectivity index (χ3v) is 4.11. The lowest BCUT2D eigenvalue weighted by Gasteiger charge is -2.09. The van der Waals surface area contributed by atoms with Crippen LogP contribution in [0, 0.1) is 6.92 Å². The molecular weight excluding hydrogens is 328 g/mol. The van der Waals surface area contributed by atoms with Crippen molar-refractivity contribution in [2.75, 3.05) is 13.2 Å². The van der Waals surface area contributed by atoms with E-state index in [1.54, 1.807) is 17.5 Å². The lowest BCUT2D eigenvalue weighted by Crippen LogP contribution is -2.33. The van der Waals surface area contributed by atoms with Crippen molar-refractivity contribution in [3.8, 4) is 0 Å². The molecule has 0 spiro atoms. The number of nitrogens with one attached hydrogen (secondary N) is 2. The second kappa shape index (κ2) is 8.83. The molecule has 2 amide bonds. The number of benzene rings is 1. The average molecular weight is 346 g/mol. The van der Waals surface area contributed by atoms with Crippen LogP contribution in [0.3, 0.4) is 0 Å². The maximum atomic E-state index is 11.7. The second-order valence-electron chi connectivity index (χ2n) is 5.02. The Morgan fingerprint density at radius 3 is 2.58 bits per heavy atom. The van der Waals surface area contributed by atoms with Gasteiger partial charge in [-0.15, -0.1) is 11.3 Å². The van der Waals surface area contributed by atoms with Gasteiger partial charge in [-0.1, -0.05) is 30.3 Å².